The molecule has 1 aromatic carbocycles. The number of rotatable bonds is 3. The SMILES string of the molecule is O=C(NNC(=O)c1ccc[nH]1)c1csc(-c2cccc(Cl)c2)n1. The van der Waals surface area contributed by atoms with E-state index in [0.717, 1.165) is 5.56 Å². The summed E-state index contributed by atoms with van der Waals surface area (Å²) in [5, 5.41) is 2.89. The number of aromatic amines is 1. The smallest absolute Gasteiger partial charge is 0.289 e. The number of aromatic nitrogens is 2. The third-order valence-corrected chi connectivity index (χ3v) is 4.07. The Kier molecular flexibility index (Phi) is 4.40. The first kappa shape index (κ1) is 15.3. The van der Waals surface area contributed by atoms with Crippen LogP contribution in [0.25, 0.3) is 10.6 Å². The number of carbonyl (C=O) groups is 2. The summed E-state index contributed by atoms with van der Waals surface area (Å²) in [5.41, 5.74) is 6.04. The van der Waals surface area contributed by atoms with Crippen LogP contribution in [0.2, 0.25) is 5.02 Å². The zero-order valence-corrected chi connectivity index (χ0v) is 13.2. The molecule has 0 atom stereocenters. The van der Waals surface area contributed by atoms with Crippen molar-refractivity contribution < 1.29 is 9.59 Å². The number of nitrogens with zero attached hydrogens (tertiary/aromatic N) is 1. The molecule has 3 N–H and O–H groups in total. The van der Waals surface area contributed by atoms with E-state index in [1.165, 1.54) is 11.3 Å². The number of hydrazine groups is 1. The second-order valence-electron chi connectivity index (χ2n) is 4.54. The van der Waals surface area contributed by atoms with Gasteiger partial charge in [-0.1, -0.05) is 23.7 Å². The zero-order valence-electron chi connectivity index (χ0n) is 11.7. The minimum Gasteiger partial charge on any atom is -0.357 e. The van der Waals surface area contributed by atoms with Gasteiger partial charge in [0.2, 0.25) is 0 Å². The average molecular weight is 347 g/mol. The van der Waals surface area contributed by atoms with Crippen molar-refractivity contribution in [3.05, 3.63) is 64.4 Å². The van der Waals surface area contributed by atoms with Gasteiger partial charge in [-0.05, 0) is 24.3 Å². The molecule has 0 radical (unpaired) electrons. The number of benzene rings is 1. The van der Waals surface area contributed by atoms with Crippen molar-refractivity contribution in [1.82, 2.24) is 20.8 Å². The van der Waals surface area contributed by atoms with Gasteiger partial charge in [-0.2, -0.15) is 0 Å². The van der Waals surface area contributed by atoms with Crippen LogP contribution in [-0.4, -0.2) is 21.8 Å². The molecule has 0 aliphatic heterocycles. The topological polar surface area (TPSA) is 86.9 Å². The molecule has 0 unspecified atom stereocenters. The van der Waals surface area contributed by atoms with Gasteiger partial charge in [0, 0.05) is 22.2 Å². The first-order valence-electron chi connectivity index (χ1n) is 6.59. The van der Waals surface area contributed by atoms with Crippen LogP contribution in [0.1, 0.15) is 21.0 Å². The fourth-order valence-corrected chi connectivity index (χ4v) is 2.84. The molecule has 0 saturated carbocycles. The zero-order chi connectivity index (χ0) is 16.2. The van der Waals surface area contributed by atoms with E-state index in [0.29, 0.717) is 15.7 Å². The van der Waals surface area contributed by atoms with Gasteiger partial charge in [0.05, 0.1) is 0 Å². The Morgan fingerprint density at radius 3 is 2.70 bits per heavy atom. The summed E-state index contributed by atoms with van der Waals surface area (Å²) in [6.07, 6.45) is 1.62. The molecule has 0 spiro atoms. The molecule has 0 saturated heterocycles. The Labute approximate surface area is 140 Å². The van der Waals surface area contributed by atoms with E-state index in [2.05, 4.69) is 20.8 Å². The molecule has 2 amide bonds. The molecular weight excluding hydrogens is 336 g/mol. The van der Waals surface area contributed by atoms with Gasteiger partial charge in [0.25, 0.3) is 11.8 Å². The van der Waals surface area contributed by atoms with E-state index < -0.39 is 11.8 Å². The summed E-state index contributed by atoms with van der Waals surface area (Å²) in [7, 11) is 0. The Balaban J connectivity index is 1.66. The maximum atomic E-state index is 12.0. The van der Waals surface area contributed by atoms with E-state index in [9.17, 15) is 9.59 Å². The van der Waals surface area contributed by atoms with E-state index in [4.69, 9.17) is 11.6 Å². The minimum atomic E-state index is -0.491. The highest BCUT2D eigenvalue weighted by molar-refractivity contribution is 7.13. The molecule has 3 aromatic rings. The number of halogens is 1. The van der Waals surface area contributed by atoms with Crippen molar-refractivity contribution in [2.24, 2.45) is 0 Å². The van der Waals surface area contributed by atoms with Crippen molar-refractivity contribution >= 4 is 34.8 Å². The maximum Gasteiger partial charge on any atom is 0.289 e. The lowest BCUT2D eigenvalue weighted by molar-refractivity contribution is 0.0842. The lowest BCUT2D eigenvalue weighted by Gasteiger charge is -2.04. The van der Waals surface area contributed by atoms with Gasteiger partial charge in [0.15, 0.2) is 0 Å². The fourth-order valence-electron chi connectivity index (χ4n) is 1.85. The third kappa shape index (κ3) is 3.58. The van der Waals surface area contributed by atoms with Crippen LogP contribution < -0.4 is 10.9 Å². The number of H-pyrrole nitrogens is 1. The van der Waals surface area contributed by atoms with Crippen LogP contribution in [-0.2, 0) is 0 Å². The van der Waals surface area contributed by atoms with Crippen molar-refractivity contribution in [2.75, 3.05) is 0 Å². The van der Waals surface area contributed by atoms with Crippen LogP contribution >= 0.6 is 22.9 Å². The quantitative estimate of drug-likeness (QED) is 0.637. The Bertz CT molecular complexity index is 845. The van der Waals surface area contributed by atoms with Gasteiger partial charge in [-0.15, -0.1) is 11.3 Å². The average Bonchev–Trinajstić information content (AvgIpc) is 3.23. The molecule has 6 nitrogen and oxygen atoms in total. The molecule has 23 heavy (non-hydrogen) atoms. The largest absolute Gasteiger partial charge is 0.357 e. The van der Waals surface area contributed by atoms with Crippen molar-refractivity contribution in [3.63, 3.8) is 0 Å². The minimum absolute atomic E-state index is 0.219. The van der Waals surface area contributed by atoms with Crippen LogP contribution in [0.4, 0.5) is 0 Å². The van der Waals surface area contributed by atoms with Crippen LogP contribution in [0.3, 0.4) is 0 Å². The molecule has 0 bridgehead atoms. The lowest BCUT2D eigenvalue weighted by Crippen LogP contribution is -2.41. The third-order valence-electron chi connectivity index (χ3n) is 2.94. The highest BCUT2D eigenvalue weighted by Crippen LogP contribution is 2.25. The summed E-state index contributed by atoms with van der Waals surface area (Å²) >= 11 is 7.27. The predicted molar refractivity (Wildman–Crippen MR) is 88.3 cm³/mol. The molecule has 8 heteroatoms. The fraction of sp³-hybridized carbons (Fsp3) is 0. The van der Waals surface area contributed by atoms with Crippen molar-refractivity contribution in [2.45, 2.75) is 0 Å². The standard InChI is InChI=1S/C15H11ClN4O2S/c16-10-4-1-3-9(7-10)15-18-12(8-23-15)14(22)20-19-13(21)11-5-2-6-17-11/h1-8,17H,(H,19,21)(H,20,22). The van der Waals surface area contributed by atoms with E-state index in [-0.39, 0.29) is 5.69 Å². The summed E-state index contributed by atoms with van der Waals surface area (Å²) in [5.74, 6) is -0.928. The molecule has 0 fully saturated rings. The second-order valence-corrected chi connectivity index (χ2v) is 5.83. The highest BCUT2D eigenvalue weighted by atomic mass is 35.5. The first-order chi connectivity index (χ1) is 11.1. The van der Waals surface area contributed by atoms with Gasteiger partial charge in [-0.25, -0.2) is 4.98 Å². The van der Waals surface area contributed by atoms with Crippen LogP contribution in [0, 0.1) is 0 Å². The molecule has 2 heterocycles. The number of carbonyl (C=O) groups excluding carboxylic acids is 2. The van der Waals surface area contributed by atoms with Crippen molar-refractivity contribution in [3.8, 4) is 10.6 Å². The van der Waals surface area contributed by atoms with Crippen LogP contribution in [0.15, 0.2) is 48.0 Å². The number of amides is 2. The second kappa shape index (κ2) is 6.64. The molecule has 0 aliphatic carbocycles. The van der Waals surface area contributed by atoms with Gasteiger partial charge in [0.1, 0.15) is 16.4 Å². The van der Waals surface area contributed by atoms with E-state index in [1.54, 1.807) is 35.8 Å². The Hall–Kier alpha value is -2.64. The molecule has 3 rings (SSSR count). The van der Waals surface area contributed by atoms with Crippen LogP contribution in [0.5, 0.6) is 0 Å². The number of hydrogen-bond donors (Lipinski definition) is 3. The number of nitrogens with one attached hydrogen (secondary N) is 3. The highest BCUT2D eigenvalue weighted by Gasteiger charge is 2.13. The first-order valence-corrected chi connectivity index (χ1v) is 7.85. The monoisotopic (exact) mass is 346 g/mol. The lowest BCUT2D eigenvalue weighted by atomic mass is 10.2. The summed E-state index contributed by atoms with van der Waals surface area (Å²) in [6, 6.07) is 10.5. The molecule has 0 aliphatic rings. The summed E-state index contributed by atoms with van der Waals surface area (Å²) in [4.78, 5) is 30.7. The van der Waals surface area contributed by atoms with E-state index in [1.807, 2.05) is 12.1 Å². The number of thiazole rings is 1. The molecule has 116 valence electrons. The summed E-state index contributed by atoms with van der Waals surface area (Å²) < 4.78 is 0. The molecular formula is C15H11ClN4O2S. The maximum absolute atomic E-state index is 12.0. The normalized spacial score (nSPS) is 10.3. The van der Waals surface area contributed by atoms with E-state index >= 15 is 0 Å². The predicted octanol–water partition coefficient (Wildman–Crippen LogP) is 2.87. The number of hydrogen-bond acceptors (Lipinski definition) is 4. The molecule has 2 aromatic heterocycles. The van der Waals surface area contributed by atoms with Gasteiger partial charge >= 0.3 is 0 Å². The van der Waals surface area contributed by atoms with Gasteiger partial charge < -0.3 is 4.98 Å². The van der Waals surface area contributed by atoms with Gasteiger partial charge in [-0.3, -0.25) is 20.4 Å². The Morgan fingerprint density at radius 1 is 1.13 bits per heavy atom. The summed E-state index contributed by atoms with van der Waals surface area (Å²) in [6.45, 7) is 0. The van der Waals surface area contributed by atoms with Crippen molar-refractivity contribution in [1.29, 1.82) is 0 Å². The Morgan fingerprint density at radius 2 is 1.96 bits per heavy atom.